The van der Waals surface area contributed by atoms with Gasteiger partial charge in [-0.05, 0) is 49.7 Å². The lowest BCUT2D eigenvalue weighted by molar-refractivity contribution is 0.0954. The molecule has 0 fully saturated rings. The van der Waals surface area contributed by atoms with Crippen LogP contribution in [0.4, 0.5) is 0 Å². The molecule has 0 heterocycles. The summed E-state index contributed by atoms with van der Waals surface area (Å²) in [5, 5.41) is 0. The first-order valence-corrected chi connectivity index (χ1v) is 9.24. The zero-order chi connectivity index (χ0) is 18.4. The van der Waals surface area contributed by atoms with Crippen molar-refractivity contribution in [2.75, 3.05) is 7.11 Å². The lowest BCUT2D eigenvalue weighted by atomic mass is 10.0. The van der Waals surface area contributed by atoms with Gasteiger partial charge in [0.1, 0.15) is 5.75 Å². The molecule has 1 unspecified atom stereocenters. The van der Waals surface area contributed by atoms with Crippen LogP contribution in [0, 0.1) is 6.92 Å². The molecule has 0 aromatic heterocycles. The minimum absolute atomic E-state index is 0.120. The molecule has 0 saturated carbocycles. The maximum atomic E-state index is 12.7. The number of carbonyl (C=O) groups excluding carboxylic acids is 1. The van der Waals surface area contributed by atoms with Crippen LogP contribution in [-0.2, 0) is 10.0 Å². The summed E-state index contributed by atoms with van der Waals surface area (Å²) in [5.41, 5.74) is 1.36. The third kappa shape index (κ3) is 4.78. The Morgan fingerprint density at radius 2 is 1.76 bits per heavy atom. The van der Waals surface area contributed by atoms with Crippen LogP contribution >= 0.6 is 0 Å². The molecule has 0 saturated heterocycles. The average Bonchev–Trinajstić information content (AvgIpc) is 2.61. The predicted octanol–water partition coefficient (Wildman–Crippen LogP) is 3.11. The summed E-state index contributed by atoms with van der Waals surface area (Å²) in [6, 6.07) is 12.1. The number of Topliss-reactive ketones (excluding diaryl/α,β-unsaturated/α-hetero) is 1. The Hall–Kier alpha value is -2.44. The molecule has 1 atom stereocenters. The summed E-state index contributed by atoms with van der Waals surface area (Å²) in [7, 11) is -2.27. The Bertz CT molecular complexity index is 840. The van der Waals surface area contributed by atoms with Crippen molar-refractivity contribution in [3.63, 3.8) is 0 Å². The summed E-state index contributed by atoms with van der Waals surface area (Å²) in [5.74, 6) is 0.301. The Morgan fingerprint density at radius 1 is 1.16 bits per heavy atom. The molecule has 2 aromatic carbocycles. The van der Waals surface area contributed by atoms with Gasteiger partial charge in [-0.3, -0.25) is 4.79 Å². The third-order valence-electron chi connectivity index (χ3n) is 3.72. The van der Waals surface area contributed by atoms with Gasteiger partial charge >= 0.3 is 0 Å². The molecule has 0 bridgehead atoms. The minimum Gasteiger partial charge on any atom is -0.497 e. The number of aryl methyl sites for hydroxylation is 1. The molecule has 6 heteroatoms. The van der Waals surface area contributed by atoms with Crippen LogP contribution in [0.1, 0.15) is 22.3 Å². The largest absolute Gasteiger partial charge is 0.497 e. The Morgan fingerprint density at radius 3 is 2.28 bits per heavy atom. The maximum Gasteiger partial charge on any atom is 0.241 e. The van der Waals surface area contributed by atoms with Gasteiger partial charge in [0.2, 0.25) is 10.0 Å². The number of hydrogen-bond acceptors (Lipinski definition) is 4. The molecule has 25 heavy (non-hydrogen) atoms. The van der Waals surface area contributed by atoms with Gasteiger partial charge in [0, 0.05) is 5.56 Å². The van der Waals surface area contributed by atoms with E-state index in [9.17, 15) is 13.2 Å². The second-order valence-corrected chi connectivity index (χ2v) is 7.32. The van der Waals surface area contributed by atoms with Gasteiger partial charge in [-0.2, -0.15) is 4.72 Å². The molecule has 0 aliphatic heterocycles. The van der Waals surface area contributed by atoms with E-state index in [1.807, 2.05) is 6.92 Å². The average molecular weight is 359 g/mol. The zero-order valence-corrected chi connectivity index (χ0v) is 15.0. The number of nitrogens with one attached hydrogen (secondary N) is 1. The Kier molecular flexibility index (Phi) is 6.12. The van der Waals surface area contributed by atoms with E-state index < -0.39 is 16.1 Å². The highest BCUT2D eigenvalue weighted by Gasteiger charge is 2.25. The van der Waals surface area contributed by atoms with E-state index in [1.54, 1.807) is 36.4 Å². The van der Waals surface area contributed by atoms with Crippen LogP contribution in [-0.4, -0.2) is 27.4 Å². The van der Waals surface area contributed by atoms with Crippen molar-refractivity contribution in [3.8, 4) is 5.75 Å². The second-order valence-electron chi connectivity index (χ2n) is 5.60. The monoisotopic (exact) mass is 359 g/mol. The highest BCUT2D eigenvalue weighted by Crippen LogP contribution is 2.16. The van der Waals surface area contributed by atoms with Gasteiger partial charge in [-0.25, -0.2) is 8.42 Å². The van der Waals surface area contributed by atoms with Crippen molar-refractivity contribution >= 4 is 15.8 Å². The van der Waals surface area contributed by atoms with Crippen LogP contribution in [0.3, 0.4) is 0 Å². The number of sulfonamides is 1. The van der Waals surface area contributed by atoms with Crippen molar-refractivity contribution < 1.29 is 17.9 Å². The molecule has 5 nitrogen and oxygen atoms in total. The normalized spacial score (nSPS) is 12.4. The molecule has 0 amide bonds. The van der Waals surface area contributed by atoms with Gasteiger partial charge in [-0.1, -0.05) is 23.8 Å². The highest BCUT2D eigenvalue weighted by atomic mass is 32.2. The maximum absolute atomic E-state index is 12.7. The van der Waals surface area contributed by atoms with Crippen molar-refractivity contribution in [3.05, 3.63) is 72.3 Å². The highest BCUT2D eigenvalue weighted by molar-refractivity contribution is 7.89. The summed E-state index contributed by atoms with van der Waals surface area (Å²) >= 11 is 0. The molecule has 0 radical (unpaired) electrons. The van der Waals surface area contributed by atoms with E-state index in [0.29, 0.717) is 11.3 Å². The Labute approximate surface area is 148 Å². The van der Waals surface area contributed by atoms with Gasteiger partial charge in [0.05, 0.1) is 18.0 Å². The van der Waals surface area contributed by atoms with Crippen LogP contribution < -0.4 is 9.46 Å². The van der Waals surface area contributed by atoms with Crippen LogP contribution in [0.15, 0.2) is 66.1 Å². The molecule has 0 aliphatic rings. The lowest BCUT2D eigenvalue weighted by Crippen LogP contribution is -2.40. The van der Waals surface area contributed by atoms with E-state index in [1.165, 1.54) is 25.3 Å². The van der Waals surface area contributed by atoms with Gasteiger partial charge < -0.3 is 4.74 Å². The van der Waals surface area contributed by atoms with E-state index in [2.05, 4.69) is 11.3 Å². The van der Waals surface area contributed by atoms with Crippen molar-refractivity contribution in [1.82, 2.24) is 4.72 Å². The molecule has 0 spiro atoms. The quantitative estimate of drug-likeness (QED) is 0.581. The third-order valence-corrected chi connectivity index (χ3v) is 5.21. The van der Waals surface area contributed by atoms with Crippen LogP contribution in [0.25, 0.3) is 0 Å². The number of ketones is 1. The molecule has 1 N–H and O–H groups in total. The van der Waals surface area contributed by atoms with Crippen molar-refractivity contribution in [1.29, 1.82) is 0 Å². The van der Waals surface area contributed by atoms with Crippen molar-refractivity contribution in [2.45, 2.75) is 24.3 Å². The number of carbonyl (C=O) groups is 1. The summed E-state index contributed by atoms with van der Waals surface area (Å²) in [4.78, 5) is 12.8. The van der Waals surface area contributed by atoms with Gasteiger partial charge in [0.25, 0.3) is 0 Å². The molecule has 132 valence electrons. The first kappa shape index (κ1) is 18.9. The van der Waals surface area contributed by atoms with Crippen molar-refractivity contribution in [2.24, 2.45) is 0 Å². The topological polar surface area (TPSA) is 72.5 Å². The summed E-state index contributed by atoms with van der Waals surface area (Å²) < 4.78 is 32.6. The second kappa shape index (κ2) is 8.09. The minimum atomic E-state index is -3.81. The number of hydrogen-bond donors (Lipinski definition) is 1. The van der Waals surface area contributed by atoms with E-state index in [4.69, 9.17) is 4.74 Å². The van der Waals surface area contributed by atoms with Crippen LogP contribution in [0.5, 0.6) is 5.75 Å². The molecule has 0 aliphatic carbocycles. The zero-order valence-electron chi connectivity index (χ0n) is 14.2. The van der Waals surface area contributed by atoms with E-state index in [0.717, 1.165) is 5.56 Å². The first-order valence-electron chi connectivity index (χ1n) is 7.75. The molecular weight excluding hydrogens is 338 g/mol. The fourth-order valence-electron chi connectivity index (χ4n) is 2.30. The van der Waals surface area contributed by atoms with Gasteiger partial charge in [0.15, 0.2) is 5.78 Å². The summed E-state index contributed by atoms with van der Waals surface area (Å²) in [6.45, 7) is 5.48. The fraction of sp³-hybridized carbons (Fsp3) is 0.211. The van der Waals surface area contributed by atoms with Gasteiger partial charge in [-0.15, -0.1) is 6.58 Å². The Balaban J connectivity index is 2.25. The summed E-state index contributed by atoms with van der Waals surface area (Å²) in [6.07, 6.45) is 1.71. The molecule has 2 aromatic rings. The number of ether oxygens (including phenoxy) is 1. The number of benzene rings is 2. The number of rotatable bonds is 8. The first-order chi connectivity index (χ1) is 11.9. The van der Waals surface area contributed by atoms with E-state index >= 15 is 0 Å². The van der Waals surface area contributed by atoms with E-state index in [-0.39, 0.29) is 17.1 Å². The SMILES string of the molecule is C=CCC(NS(=O)(=O)c1ccc(C)cc1)C(=O)c1ccc(OC)cc1. The van der Waals surface area contributed by atoms with Crippen LogP contribution in [0.2, 0.25) is 0 Å². The fourth-order valence-corrected chi connectivity index (χ4v) is 3.51. The lowest BCUT2D eigenvalue weighted by Gasteiger charge is -2.17. The number of methoxy groups -OCH3 is 1. The standard InChI is InChI=1S/C19H21NO4S/c1-4-5-18(19(21)15-8-10-16(24-3)11-9-15)20-25(22,23)17-12-6-14(2)7-13-17/h4,6-13,18,20H,1,5H2,2-3H3. The molecular formula is C19H21NO4S. The predicted molar refractivity (Wildman–Crippen MR) is 97.4 cm³/mol. The molecule has 2 rings (SSSR count). The smallest absolute Gasteiger partial charge is 0.241 e.